The molecule has 1 atom stereocenters. The summed E-state index contributed by atoms with van der Waals surface area (Å²) >= 11 is 0. The molecular formula is C22H30F2N4O3. The van der Waals surface area contributed by atoms with Gasteiger partial charge < -0.3 is 14.4 Å². The molecule has 9 heteroatoms. The molecule has 3 fully saturated rings. The molecule has 1 aliphatic carbocycles. The van der Waals surface area contributed by atoms with Crippen LogP contribution in [0.5, 0.6) is 0 Å². The summed E-state index contributed by atoms with van der Waals surface area (Å²) in [5, 5.41) is 4.41. The van der Waals surface area contributed by atoms with Gasteiger partial charge >= 0.3 is 6.09 Å². The molecule has 0 radical (unpaired) electrons. The number of rotatable bonds is 7. The van der Waals surface area contributed by atoms with E-state index in [0.717, 1.165) is 12.5 Å². The second-order valence-electron chi connectivity index (χ2n) is 8.84. The van der Waals surface area contributed by atoms with E-state index >= 15 is 8.78 Å². The fraction of sp³-hybridized carbons (Fsp3) is 0.636. The van der Waals surface area contributed by atoms with Crippen LogP contribution in [0.25, 0.3) is 0 Å². The van der Waals surface area contributed by atoms with Crippen LogP contribution in [0.3, 0.4) is 0 Å². The number of carbonyl (C=O) groups is 2. The van der Waals surface area contributed by atoms with Crippen LogP contribution in [0.2, 0.25) is 0 Å². The molecular weight excluding hydrogens is 406 g/mol. The van der Waals surface area contributed by atoms with Crippen LogP contribution in [0, 0.1) is 17.6 Å². The highest BCUT2D eigenvalue weighted by Crippen LogP contribution is 2.33. The van der Waals surface area contributed by atoms with Crippen LogP contribution < -0.4 is 9.80 Å². The van der Waals surface area contributed by atoms with E-state index in [0.29, 0.717) is 39.0 Å². The second-order valence-corrected chi connectivity index (χ2v) is 8.84. The zero-order valence-electron chi connectivity index (χ0n) is 18.1. The van der Waals surface area contributed by atoms with Crippen molar-refractivity contribution in [2.45, 2.75) is 38.7 Å². The predicted molar refractivity (Wildman–Crippen MR) is 113 cm³/mol. The third-order valence-corrected chi connectivity index (χ3v) is 6.29. The van der Waals surface area contributed by atoms with Crippen molar-refractivity contribution in [3.8, 4) is 0 Å². The monoisotopic (exact) mass is 436 g/mol. The largest absolute Gasteiger partial charge is 0.444 e. The van der Waals surface area contributed by atoms with Gasteiger partial charge in [0.15, 0.2) is 11.6 Å². The van der Waals surface area contributed by atoms with Gasteiger partial charge in [0.1, 0.15) is 17.6 Å². The first-order valence-corrected chi connectivity index (χ1v) is 11.0. The SMILES string of the molecule is CC(=O)CC[C@H]1CN(c2cc(F)c(N3CCN(C)N(CC4CC4)CC3)c(F)c2)C(=O)O1. The molecule has 31 heavy (non-hydrogen) atoms. The average Bonchev–Trinajstić information content (AvgIpc) is 3.47. The molecule has 0 unspecified atom stereocenters. The number of Topliss-reactive ketones (excluding diaryl/α,β-unsaturated/α-hetero) is 1. The van der Waals surface area contributed by atoms with E-state index in [9.17, 15) is 9.59 Å². The molecule has 1 saturated carbocycles. The van der Waals surface area contributed by atoms with Crippen molar-refractivity contribution in [3.05, 3.63) is 23.8 Å². The van der Waals surface area contributed by atoms with Crippen LogP contribution in [-0.2, 0) is 9.53 Å². The van der Waals surface area contributed by atoms with Crippen LogP contribution in [0.4, 0.5) is 25.0 Å². The topological polar surface area (TPSA) is 56.3 Å². The zero-order valence-corrected chi connectivity index (χ0v) is 18.1. The lowest BCUT2D eigenvalue weighted by Gasteiger charge is -2.29. The van der Waals surface area contributed by atoms with Crippen molar-refractivity contribution in [3.63, 3.8) is 0 Å². The lowest BCUT2D eigenvalue weighted by molar-refractivity contribution is -0.117. The highest BCUT2D eigenvalue weighted by Gasteiger charge is 2.34. The molecule has 2 heterocycles. The fourth-order valence-electron chi connectivity index (χ4n) is 4.24. The minimum absolute atomic E-state index is 0.00901. The highest BCUT2D eigenvalue weighted by atomic mass is 19.1. The van der Waals surface area contributed by atoms with Gasteiger partial charge in [-0.05, 0) is 32.1 Å². The Hall–Kier alpha value is -2.26. The summed E-state index contributed by atoms with van der Waals surface area (Å²) in [6, 6.07) is 2.40. The summed E-state index contributed by atoms with van der Waals surface area (Å²) < 4.78 is 35.3. The minimum Gasteiger partial charge on any atom is -0.444 e. The van der Waals surface area contributed by atoms with Crippen LogP contribution in [0.1, 0.15) is 32.6 Å². The molecule has 0 aromatic heterocycles. The first kappa shape index (κ1) is 22.0. The number of ether oxygens (including phenoxy) is 1. The third kappa shape index (κ3) is 5.15. The molecule has 170 valence electrons. The molecule has 3 aliphatic rings. The molecule has 0 bridgehead atoms. The van der Waals surface area contributed by atoms with Crippen molar-refractivity contribution in [1.29, 1.82) is 0 Å². The summed E-state index contributed by atoms with van der Waals surface area (Å²) in [5.74, 6) is -0.627. The molecule has 0 spiro atoms. The Bertz CT molecular complexity index is 825. The van der Waals surface area contributed by atoms with Crippen molar-refractivity contribution < 1.29 is 23.1 Å². The maximum Gasteiger partial charge on any atom is 0.414 e. The van der Waals surface area contributed by atoms with Gasteiger partial charge in [0.05, 0.1) is 12.2 Å². The van der Waals surface area contributed by atoms with E-state index in [1.165, 1.54) is 36.8 Å². The third-order valence-electron chi connectivity index (χ3n) is 6.29. The molecule has 1 aromatic carbocycles. The standard InChI is InChI=1S/C22H30F2N4O3/c1-15(29)3-6-18-14-28(22(30)31-18)17-11-19(23)21(20(24)12-17)26-8-7-25(2)27(10-9-26)13-16-4-5-16/h11-12,16,18H,3-10,13-14H2,1-2H3/t18-/m0/s1. The van der Waals surface area contributed by atoms with Crippen molar-refractivity contribution >= 4 is 23.3 Å². The first-order chi connectivity index (χ1) is 14.8. The number of anilines is 2. The summed E-state index contributed by atoms with van der Waals surface area (Å²) in [7, 11) is 2.02. The van der Waals surface area contributed by atoms with Gasteiger partial charge in [0.2, 0.25) is 0 Å². The van der Waals surface area contributed by atoms with E-state index in [4.69, 9.17) is 4.74 Å². The molecule has 7 nitrogen and oxygen atoms in total. The van der Waals surface area contributed by atoms with E-state index < -0.39 is 23.8 Å². The van der Waals surface area contributed by atoms with E-state index in [-0.39, 0.29) is 23.7 Å². The molecule has 1 amide bonds. The fourth-order valence-corrected chi connectivity index (χ4v) is 4.24. The van der Waals surface area contributed by atoms with Gasteiger partial charge in [-0.15, -0.1) is 0 Å². The van der Waals surface area contributed by atoms with Crippen molar-refractivity contribution in [2.24, 2.45) is 5.92 Å². The van der Waals surface area contributed by atoms with Crippen molar-refractivity contribution in [1.82, 2.24) is 10.0 Å². The molecule has 0 N–H and O–H groups in total. The van der Waals surface area contributed by atoms with Gasteiger partial charge in [-0.2, -0.15) is 0 Å². The molecule has 2 aliphatic heterocycles. The Morgan fingerprint density at radius 2 is 1.81 bits per heavy atom. The van der Waals surface area contributed by atoms with E-state index in [2.05, 4.69) is 10.0 Å². The van der Waals surface area contributed by atoms with Crippen LogP contribution in [0.15, 0.2) is 12.1 Å². The normalized spacial score (nSPS) is 23.2. The molecule has 2 saturated heterocycles. The number of cyclic esters (lactones) is 1. The number of ketones is 1. The smallest absolute Gasteiger partial charge is 0.414 e. The number of hydrogen-bond donors (Lipinski definition) is 0. The number of halogens is 2. The summed E-state index contributed by atoms with van der Waals surface area (Å²) in [4.78, 5) is 26.3. The summed E-state index contributed by atoms with van der Waals surface area (Å²) in [6.07, 6.45) is 2.11. The van der Waals surface area contributed by atoms with E-state index in [1.54, 1.807) is 4.90 Å². The van der Waals surface area contributed by atoms with Gasteiger partial charge in [0, 0.05) is 58.3 Å². The Kier molecular flexibility index (Phi) is 6.43. The number of hydrazine groups is 1. The number of carbonyl (C=O) groups excluding carboxylic acids is 2. The number of amides is 1. The number of nitrogens with zero attached hydrogens (tertiary/aromatic N) is 4. The van der Waals surface area contributed by atoms with Gasteiger partial charge in [0.25, 0.3) is 0 Å². The number of likely N-dealkylation sites (N-methyl/N-ethyl adjacent to an activating group) is 1. The van der Waals surface area contributed by atoms with Gasteiger partial charge in [-0.1, -0.05) is 0 Å². The van der Waals surface area contributed by atoms with E-state index in [1.807, 2.05) is 7.05 Å². The lowest BCUT2D eigenvalue weighted by Crippen LogP contribution is -2.41. The van der Waals surface area contributed by atoms with Gasteiger partial charge in [-0.25, -0.2) is 23.6 Å². The Morgan fingerprint density at radius 1 is 1.13 bits per heavy atom. The maximum atomic E-state index is 15.0. The highest BCUT2D eigenvalue weighted by molar-refractivity contribution is 5.90. The number of benzene rings is 1. The molecule has 4 rings (SSSR count). The second kappa shape index (κ2) is 9.08. The molecule has 1 aromatic rings. The van der Waals surface area contributed by atoms with Gasteiger partial charge in [-0.3, -0.25) is 4.90 Å². The number of hydrogen-bond acceptors (Lipinski definition) is 6. The zero-order chi connectivity index (χ0) is 22.1. The Morgan fingerprint density at radius 3 is 2.45 bits per heavy atom. The Balaban J connectivity index is 1.46. The summed E-state index contributed by atoms with van der Waals surface area (Å²) in [6.45, 7) is 5.09. The van der Waals surface area contributed by atoms with Crippen LogP contribution in [-0.4, -0.2) is 74.3 Å². The Labute approximate surface area is 181 Å². The summed E-state index contributed by atoms with van der Waals surface area (Å²) in [5.41, 5.74) is 0.0856. The lowest BCUT2D eigenvalue weighted by atomic mass is 10.1. The van der Waals surface area contributed by atoms with Crippen LogP contribution >= 0.6 is 0 Å². The first-order valence-electron chi connectivity index (χ1n) is 11.0. The maximum absolute atomic E-state index is 15.0. The minimum atomic E-state index is -0.687. The average molecular weight is 437 g/mol. The quantitative estimate of drug-likeness (QED) is 0.655. The predicted octanol–water partition coefficient (Wildman–Crippen LogP) is 3.04. The van der Waals surface area contributed by atoms with Crippen molar-refractivity contribution in [2.75, 3.05) is 56.1 Å².